The molecule has 0 aromatic heterocycles. The van der Waals surface area contributed by atoms with E-state index in [0.717, 1.165) is 53.7 Å². The second kappa shape index (κ2) is 21.1. The first-order valence-electron chi connectivity index (χ1n) is 20.5. The molecule has 15 heteroatoms. The first kappa shape index (κ1) is 46.1. The molecule has 62 heavy (non-hydrogen) atoms. The Morgan fingerprint density at radius 1 is 0.887 bits per heavy atom. The van der Waals surface area contributed by atoms with E-state index in [1.165, 1.54) is 48.9 Å². The Hall–Kier alpha value is -5.38. The zero-order valence-corrected chi connectivity index (χ0v) is 36.1. The monoisotopic (exact) mass is 887 g/mol. The lowest BCUT2D eigenvalue weighted by molar-refractivity contribution is -0.122. The van der Waals surface area contributed by atoms with E-state index in [-0.39, 0.29) is 46.2 Å². The molecule has 4 N–H and O–H groups in total. The van der Waals surface area contributed by atoms with Crippen LogP contribution >= 0.6 is 23.5 Å². The van der Waals surface area contributed by atoms with Crippen LogP contribution in [0, 0.1) is 34.6 Å². The molecule has 0 bridgehead atoms. The van der Waals surface area contributed by atoms with Gasteiger partial charge in [0.15, 0.2) is 0 Å². The third kappa shape index (κ3) is 10.8. The van der Waals surface area contributed by atoms with Gasteiger partial charge in [-0.3, -0.25) is 15.0 Å². The van der Waals surface area contributed by atoms with Gasteiger partial charge in [-0.25, -0.2) is 22.6 Å². The summed E-state index contributed by atoms with van der Waals surface area (Å²) in [7, 11) is 0. The van der Waals surface area contributed by atoms with Gasteiger partial charge in [0.2, 0.25) is 6.41 Å². The number of para-hydroxylation sites is 2. The van der Waals surface area contributed by atoms with Gasteiger partial charge in [-0.1, -0.05) is 124 Å². The van der Waals surface area contributed by atoms with E-state index in [4.69, 9.17) is 20.6 Å². The van der Waals surface area contributed by atoms with Crippen LogP contribution in [0.5, 0.6) is 11.5 Å². The van der Waals surface area contributed by atoms with Crippen molar-refractivity contribution in [3.05, 3.63) is 154 Å². The molecule has 2 atom stereocenters. The van der Waals surface area contributed by atoms with Gasteiger partial charge in [0.05, 0.1) is 18.3 Å². The van der Waals surface area contributed by atoms with E-state index in [2.05, 4.69) is 10.4 Å². The molecule has 3 aliphatic heterocycles. The van der Waals surface area contributed by atoms with Crippen LogP contribution in [-0.2, 0) is 19.3 Å². The highest BCUT2D eigenvalue weighted by Crippen LogP contribution is 2.53. The summed E-state index contributed by atoms with van der Waals surface area (Å²) in [6.45, 7) is 4.89. The van der Waals surface area contributed by atoms with Crippen molar-refractivity contribution in [2.45, 2.75) is 68.5 Å². The van der Waals surface area contributed by atoms with Crippen molar-refractivity contribution < 1.29 is 36.6 Å². The third-order valence-corrected chi connectivity index (χ3v) is 13.1. The standard InChI is InChI=1S/C25H27F2N3O2S.C17H12F2N2O2S.C5H10/c1-16(2)14-17(6-5-12-28)24(31)30-25(11-13-32-22-8-4-3-7-20(22)25)33-23(29)19-15-18(26)9-10-21(19)27;18-11-5-6-14(19)12(9-11)16-20-21(10-22)17(24-16)7-8-23-15-4-2-1-3-13(15)17;1-2-4-5-3-1/h3-10,14-16,29H,11-13,28H2,1-2H3,(H,30,31);1-6,9-10H,7-8H2;1-5H2/b6-5?,17-14+,29-23?;;. The van der Waals surface area contributed by atoms with E-state index in [0.29, 0.717) is 48.5 Å². The summed E-state index contributed by atoms with van der Waals surface area (Å²) in [5.41, 5.74) is 7.34. The van der Waals surface area contributed by atoms with Gasteiger partial charge in [-0.2, -0.15) is 5.10 Å². The fraction of sp³-hybridized carbons (Fsp3) is 0.319. The number of nitrogens with one attached hydrogen (secondary N) is 2. The molecular weight excluding hydrogens is 839 g/mol. The van der Waals surface area contributed by atoms with E-state index in [1.54, 1.807) is 30.4 Å². The van der Waals surface area contributed by atoms with Crippen LogP contribution in [-0.4, -0.2) is 47.2 Å². The normalized spacial score (nSPS) is 20.2. The summed E-state index contributed by atoms with van der Waals surface area (Å²) in [6.07, 6.45) is 14.1. The van der Waals surface area contributed by atoms with Gasteiger partial charge in [0, 0.05) is 47.2 Å². The molecule has 0 saturated heterocycles. The van der Waals surface area contributed by atoms with Crippen molar-refractivity contribution >= 4 is 45.9 Å². The number of ether oxygens (including phenoxy) is 2. The quantitative estimate of drug-likeness (QED) is 0.0290. The third-order valence-electron chi connectivity index (χ3n) is 10.4. The van der Waals surface area contributed by atoms with Gasteiger partial charge < -0.3 is 20.5 Å². The van der Waals surface area contributed by atoms with Crippen molar-refractivity contribution in [1.82, 2.24) is 10.3 Å². The van der Waals surface area contributed by atoms with Gasteiger partial charge in [0.1, 0.15) is 49.6 Å². The molecular formula is C47H49F4N5O4S2. The molecule has 4 aromatic carbocycles. The average molecular weight is 888 g/mol. The average Bonchev–Trinajstić information content (AvgIpc) is 3.97. The van der Waals surface area contributed by atoms with Gasteiger partial charge in [0.25, 0.3) is 5.91 Å². The Labute approximate surface area is 367 Å². The zero-order valence-electron chi connectivity index (χ0n) is 34.5. The molecule has 8 rings (SSSR count). The summed E-state index contributed by atoms with van der Waals surface area (Å²) < 4.78 is 67.2. The van der Waals surface area contributed by atoms with Crippen molar-refractivity contribution in [3.8, 4) is 11.5 Å². The maximum atomic E-state index is 14.4. The Bertz CT molecular complexity index is 2350. The number of fused-ring (bicyclic) bond motifs is 3. The van der Waals surface area contributed by atoms with Crippen LogP contribution in [0.3, 0.4) is 0 Å². The topological polar surface area (TPSA) is 130 Å². The number of hydrazone groups is 1. The molecule has 3 heterocycles. The lowest BCUT2D eigenvalue weighted by Crippen LogP contribution is -2.47. The Kier molecular flexibility index (Phi) is 15.7. The van der Waals surface area contributed by atoms with Crippen molar-refractivity contribution in [2.24, 2.45) is 16.8 Å². The van der Waals surface area contributed by atoms with Crippen molar-refractivity contribution in [3.63, 3.8) is 0 Å². The first-order valence-corrected chi connectivity index (χ1v) is 22.1. The highest BCUT2D eigenvalue weighted by molar-refractivity contribution is 8.15. The molecule has 1 aliphatic carbocycles. The fourth-order valence-electron chi connectivity index (χ4n) is 7.41. The number of amides is 2. The summed E-state index contributed by atoms with van der Waals surface area (Å²) in [5, 5.41) is 17.2. The number of rotatable bonds is 9. The minimum Gasteiger partial charge on any atom is -0.493 e. The molecule has 2 unspecified atom stereocenters. The molecule has 4 aliphatic rings. The number of nitrogens with two attached hydrogens (primary N) is 1. The fourth-order valence-corrected chi connectivity index (χ4v) is 9.98. The lowest BCUT2D eigenvalue weighted by atomic mass is 9.98. The number of benzene rings is 4. The Morgan fingerprint density at radius 3 is 2.13 bits per heavy atom. The van der Waals surface area contributed by atoms with Gasteiger partial charge >= 0.3 is 0 Å². The number of allylic oxidation sites excluding steroid dienone is 1. The van der Waals surface area contributed by atoms with Crippen LogP contribution in [0.25, 0.3) is 0 Å². The van der Waals surface area contributed by atoms with Gasteiger partial charge in [-0.05, 0) is 54.4 Å². The summed E-state index contributed by atoms with van der Waals surface area (Å²) in [6, 6.07) is 20.8. The number of thioether (sulfide) groups is 2. The van der Waals surface area contributed by atoms with Crippen LogP contribution in [0.1, 0.15) is 81.0 Å². The van der Waals surface area contributed by atoms with Crippen molar-refractivity contribution in [1.29, 1.82) is 5.41 Å². The first-order chi connectivity index (χ1) is 29.9. The summed E-state index contributed by atoms with van der Waals surface area (Å²) >= 11 is 2.21. The maximum absolute atomic E-state index is 14.4. The number of hydrogen-bond donors (Lipinski definition) is 3. The molecule has 9 nitrogen and oxygen atoms in total. The van der Waals surface area contributed by atoms with E-state index in [9.17, 15) is 27.2 Å². The minimum absolute atomic E-state index is 0.0488. The smallest absolute Gasteiger partial charge is 0.252 e. The number of nitrogens with zero attached hydrogens (tertiary/aromatic N) is 2. The molecule has 2 amide bonds. The largest absolute Gasteiger partial charge is 0.493 e. The zero-order chi connectivity index (χ0) is 44.3. The van der Waals surface area contributed by atoms with E-state index < -0.39 is 33.0 Å². The van der Waals surface area contributed by atoms with E-state index in [1.807, 2.05) is 50.3 Å². The predicted octanol–water partition coefficient (Wildman–Crippen LogP) is 10.3. The molecule has 0 radical (unpaired) electrons. The molecule has 1 spiro atoms. The molecule has 326 valence electrons. The van der Waals surface area contributed by atoms with E-state index >= 15 is 0 Å². The summed E-state index contributed by atoms with van der Waals surface area (Å²) in [4.78, 5) is 23.1. The Morgan fingerprint density at radius 2 is 1.48 bits per heavy atom. The molecule has 1 fully saturated rings. The van der Waals surface area contributed by atoms with Crippen LogP contribution in [0.2, 0.25) is 0 Å². The second-order valence-electron chi connectivity index (χ2n) is 15.2. The highest BCUT2D eigenvalue weighted by atomic mass is 32.2. The lowest BCUT2D eigenvalue weighted by Gasteiger charge is -2.39. The second-order valence-corrected chi connectivity index (χ2v) is 17.7. The van der Waals surface area contributed by atoms with Gasteiger partial charge in [-0.15, -0.1) is 0 Å². The van der Waals surface area contributed by atoms with Crippen LogP contribution in [0.4, 0.5) is 17.6 Å². The SMILES string of the molecule is C1CCCC1.CC(C)/C=C(\C=CCN)C(=O)NC1(SC(=N)c2cc(F)ccc2F)CCOc2ccccc21.O=CN1N=C(c2cc(F)ccc2F)SC12CCOc1ccccc12. The molecule has 4 aromatic rings. The number of hydrogen-bond acceptors (Lipinski definition) is 9. The number of carbonyl (C=O) groups excluding carboxylic acids is 2. The highest BCUT2D eigenvalue weighted by Gasteiger charge is 2.49. The minimum atomic E-state index is -1.12. The van der Waals surface area contributed by atoms with Crippen LogP contribution in [0.15, 0.2) is 114 Å². The summed E-state index contributed by atoms with van der Waals surface area (Å²) in [5.74, 6) is -1.50. The number of carbonyl (C=O) groups is 2. The predicted molar refractivity (Wildman–Crippen MR) is 238 cm³/mol. The number of halogens is 4. The maximum Gasteiger partial charge on any atom is 0.252 e. The Balaban J connectivity index is 0.000000192. The molecule has 1 saturated carbocycles. The van der Waals surface area contributed by atoms with Crippen LogP contribution < -0.4 is 20.5 Å². The van der Waals surface area contributed by atoms with Crippen molar-refractivity contribution in [2.75, 3.05) is 19.8 Å².